The van der Waals surface area contributed by atoms with Gasteiger partial charge in [0.25, 0.3) is 0 Å². The van der Waals surface area contributed by atoms with E-state index in [0.717, 1.165) is 0 Å². The van der Waals surface area contributed by atoms with E-state index in [1.165, 1.54) is 37.2 Å². The SMILES string of the molecule is C1=CC2=C(N3CCCC3)C=CC2C=C1. The number of likely N-dealkylation sites (tertiary alicyclic amines) is 1. The lowest BCUT2D eigenvalue weighted by Crippen LogP contribution is -2.18. The van der Waals surface area contributed by atoms with Crippen LogP contribution in [0.25, 0.3) is 0 Å². The van der Waals surface area contributed by atoms with Crippen LogP contribution in [0.2, 0.25) is 0 Å². The summed E-state index contributed by atoms with van der Waals surface area (Å²) in [5.74, 6) is 0.551. The van der Waals surface area contributed by atoms with Gasteiger partial charge in [-0.25, -0.2) is 0 Å². The molecule has 72 valence electrons. The number of allylic oxidation sites excluding steroid dienone is 7. The molecule has 1 aliphatic heterocycles. The highest BCUT2D eigenvalue weighted by atomic mass is 15.1. The molecule has 0 aromatic carbocycles. The van der Waals surface area contributed by atoms with Gasteiger partial charge in [0.2, 0.25) is 0 Å². The van der Waals surface area contributed by atoms with Crippen molar-refractivity contribution in [1.82, 2.24) is 4.90 Å². The van der Waals surface area contributed by atoms with E-state index >= 15 is 0 Å². The first kappa shape index (κ1) is 8.10. The van der Waals surface area contributed by atoms with Crippen molar-refractivity contribution in [3.8, 4) is 0 Å². The van der Waals surface area contributed by atoms with Crippen LogP contribution in [-0.2, 0) is 0 Å². The first-order chi connectivity index (χ1) is 6.95. The number of rotatable bonds is 1. The third-order valence-electron chi connectivity index (χ3n) is 3.27. The normalized spacial score (nSPS) is 29.1. The molecule has 0 spiro atoms. The molecular formula is C13H15N. The van der Waals surface area contributed by atoms with Crippen LogP contribution in [0, 0.1) is 5.92 Å². The second-order valence-electron chi connectivity index (χ2n) is 4.16. The van der Waals surface area contributed by atoms with Gasteiger partial charge in [-0.2, -0.15) is 0 Å². The lowest BCUT2D eigenvalue weighted by molar-refractivity contribution is 0.437. The number of nitrogens with zero attached hydrogens (tertiary/aromatic N) is 1. The van der Waals surface area contributed by atoms with Crippen LogP contribution in [0.1, 0.15) is 12.8 Å². The predicted octanol–water partition coefficient (Wildman–Crippen LogP) is 2.65. The first-order valence-corrected chi connectivity index (χ1v) is 5.47. The quantitative estimate of drug-likeness (QED) is 0.607. The maximum Gasteiger partial charge on any atom is 0.0405 e. The summed E-state index contributed by atoms with van der Waals surface area (Å²) in [6.07, 6.45) is 16.1. The number of hydrogen-bond donors (Lipinski definition) is 0. The van der Waals surface area contributed by atoms with Crippen LogP contribution < -0.4 is 0 Å². The Morgan fingerprint density at radius 2 is 1.86 bits per heavy atom. The van der Waals surface area contributed by atoms with Gasteiger partial charge in [0.05, 0.1) is 0 Å². The lowest BCUT2D eigenvalue weighted by Gasteiger charge is -2.20. The highest BCUT2D eigenvalue weighted by Crippen LogP contribution is 2.33. The van der Waals surface area contributed by atoms with Crippen molar-refractivity contribution in [2.45, 2.75) is 12.8 Å². The molecule has 3 aliphatic rings. The van der Waals surface area contributed by atoms with Crippen LogP contribution in [-0.4, -0.2) is 18.0 Å². The molecule has 1 saturated heterocycles. The molecule has 1 unspecified atom stereocenters. The molecule has 0 N–H and O–H groups in total. The minimum atomic E-state index is 0.551. The molecule has 1 nitrogen and oxygen atoms in total. The molecule has 0 bridgehead atoms. The molecule has 1 atom stereocenters. The minimum Gasteiger partial charge on any atom is -0.371 e. The monoisotopic (exact) mass is 185 g/mol. The van der Waals surface area contributed by atoms with Gasteiger partial charge >= 0.3 is 0 Å². The molecule has 1 heteroatoms. The zero-order valence-corrected chi connectivity index (χ0v) is 8.32. The molecule has 2 aliphatic carbocycles. The van der Waals surface area contributed by atoms with Gasteiger partial charge in [-0.05, 0) is 24.5 Å². The highest BCUT2D eigenvalue weighted by Gasteiger charge is 2.23. The van der Waals surface area contributed by atoms with E-state index in [9.17, 15) is 0 Å². The molecule has 3 rings (SSSR count). The van der Waals surface area contributed by atoms with Gasteiger partial charge in [0.15, 0.2) is 0 Å². The lowest BCUT2D eigenvalue weighted by atomic mass is 9.97. The van der Waals surface area contributed by atoms with Crippen LogP contribution in [0.5, 0.6) is 0 Å². The van der Waals surface area contributed by atoms with E-state index in [1.54, 1.807) is 0 Å². The Labute approximate surface area is 85.1 Å². The van der Waals surface area contributed by atoms with E-state index in [0.29, 0.717) is 5.92 Å². The second kappa shape index (κ2) is 3.16. The Bertz CT molecular complexity index is 351. The smallest absolute Gasteiger partial charge is 0.0405 e. The minimum absolute atomic E-state index is 0.551. The fourth-order valence-electron chi connectivity index (χ4n) is 2.52. The number of hydrogen-bond acceptors (Lipinski definition) is 1. The largest absolute Gasteiger partial charge is 0.371 e. The Balaban J connectivity index is 1.94. The Kier molecular flexibility index (Phi) is 1.83. The summed E-state index contributed by atoms with van der Waals surface area (Å²) >= 11 is 0. The van der Waals surface area contributed by atoms with Gasteiger partial charge in [0.1, 0.15) is 0 Å². The van der Waals surface area contributed by atoms with Crippen LogP contribution in [0.3, 0.4) is 0 Å². The van der Waals surface area contributed by atoms with Crippen molar-refractivity contribution < 1.29 is 0 Å². The van der Waals surface area contributed by atoms with E-state index < -0.39 is 0 Å². The van der Waals surface area contributed by atoms with Gasteiger partial charge in [-0.3, -0.25) is 0 Å². The van der Waals surface area contributed by atoms with Crippen molar-refractivity contribution in [2.75, 3.05) is 13.1 Å². The summed E-state index contributed by atoms with van der Waals surface area (Å²) in [5.41, 5.74) is 2.96. The summed E-state index contributed by atoms with van der Waals surface area (Å²) in [4.78, 5) is 2.52. The van der Waals surface area contributed by atoms with Gasteiger partial charge < -0.3 is 4.90 Å². The van der Waals surface area contributed by atoms with Crippen LogP contribution in [0.4, 0.5) is 0 Å². The molecular weight excluding hydrogens is 170 g/mol. The van der Waals surface area contributed by atoms with Crippen molar-refractivity contribution in [3.63, 3.8) is 0 Å². The molecule has 0 aromatic heterocycles. The highest BCUT2D eigenvalue weighted by molar-refractivity contribution is 5.48. The third kappa shape index (κ3) is 1.16. The molecule has 1 heterocycles. The Morgan fingerprint density at radius 3 is 2.71 bits per heavy atom. The van der Waals surface area contributed by atoms with E-state index in [2.05, 4.69) is 41.4 Å². The predicted molar refractivity (Wildman–Crippen MR) is 58.7 cm³/mol. The zero-order valence-electron chi connectivity index (χ0n) is 8.32. The molecule has 0 amide bonds. The van der Waals surface area contributed by atoms with Gasteiger partial charge in [-0.15, -0.1) is 0 Å². The molecule has 1 fully saturated rings. The second-order valence-corrected chi connectivity index (χ2v) is 4.16. The fraction of sp³-hybridized carbons (Fsp3) is 0.385. The van der Waals surface area contributed by atoms with Gasteiger partial charge in [-0.1, -0.05) is 30.4 Å². The first-order valence-electron chi connectivity index (χ1n) is 5.47. The zero-order chi connectivity index (χ0) is 9.38. The van der Waals surface area contributed by atoms with Crippen LogP contribution >= 0.6 is 0 Å². The van der Waals surface area contributed by atoms with E-state index in [1.807, 2.05) is 0 Å². The Morgan fingerprint density at radius 1 is 1.00 bits per heavy atom. The summed E-state index contributed by atoms with van der Waals surface area (Å²) < 4.78 is 0. The van der Waals surface area contributed by atoms with Crippen molar-refractivity contribution in [3.05, 3.63) is 47.7 Å². The van der Waals surface area contributed by atoms with Crippen molar-refractivity contribution in [1.29, 1.82) is 0 Å². The van der Waals surface area contributed by atoms with Crippen LogP contribution in [0.15, 0.2) is 47.7 Å². The summed E-state index contributed by atoms with van der Waals surface area (Å²) in [6.45, 7) is 2.49. The maximum absolute atomic E-state index is 2.52. The third-order valence-corrected chi connectivity index (χ3v) is 3.27. The van der Waals surface area contributed by atoms with Gasteiger partial charge in [0, 0.05) is 24.7 Å². The maximum atomic E-state index is 2.52. The molecule has 0 aromatic rings. The van der Waals surface area contributed by atoms with Crippen molar-refractivity contribution >= 4 is 0 Å². The average Bonchev–Trinajstić information content (AvgIpc) is 2.85. The Hall–Kier alpha value is -1.24. The fourth-order valence-corrected chi connectivity index (χ4v) is 2.52. The summed E-state index contributed by atoms with van der Waals surface area (Å²) in [5, 5.41) is 0. The number of fused-ring (bicyclic) bond motifs is 1. The molecule has 14 heavy (non-hydrogen) atoms. The van der Waals surface area contributed by atoms with E-state index in [-0.39, 0.29) is 0 Å². The summed E-state index contributed by atoms with van der Waals surface area (Å²) in [7, 11) is 0. The average molecular weight is 185 g/mol. The van der Waals surface area contributed by atoms with Crippen molar-refractivity contribution in [2.24, 2.45) is 5.92 Å². The summed E-state index contributed by atoms with van der Waals surface area (Å²) in [6, 6.07) is 0. The standard InChI is InChI=1S/C13H15N/c1-2-6-12-11(5-1)7-8-13(12)14-9-3-4-10-14/h1-2,5-8,11H,3-4,9-10H2. The van der Waals surface area contributed by atoms with E-state index in [4.69, 9.17) is 0 Å². The molecule has 0 radical (unpaired) electrons. The topological polar surface area (TPSA) is 3.24 Å². The molecule has 0 saturated carbocycles.